The van der Waals surface area contributed by atoms with E-state index in [1.165, 1.54) is 22.3 Å². The number of benzene rings is 1. The monoisotopic (exact) mass is 360 g/mol. The molecule has 0 aromatic heterocycles. The van der Waals surface area contributed by atoms with Crippen LogP contribution in [-0.4, -0.2) is 49.7 Å². The van der Waals surface area contributed by atoms with E-state index in [-0.39, 0.29) is 5.91 Å². The lowest BCUT2D eigenvalue weighted by molar-refractivity contribution is -0.122. The van der Waals surface area contributed by atoms with Crippen molar-refractivity contribution in [1.29, 1.82) is 0 Å². The molecule has 0 bridgehead atoms. The van der Waals surface area contributed by atoms with E-state index in [1.807, 2.05) is 0 Å². The second kappa shape index (κ2) is 10.7. The van der Waals surface area contributed by atoms with E-state index in [4.69, 9.17) is 4.74 Å². The SMILES string of the molecule is CCCOC1CCCN(CC(=O)NCCc2c(C)cc(C)cc2C)CC1. The lowest BCUT2D eigenvalue weighted by Gasteiger charge is -2.20. The van der Waals surface area contributed by atoms with Crippen LogP contribution in [0.25, 0.3) is 0 Å². The molecule has 1 aliphatic rings. The highest BCUT2D eigenvalue weighted by molar-refractivity contribution is 5.78. The summed E-state index contributed by atoms with van der Waals surface area (Å²) in [4.78, 5) is 14.6. The van der Waals surface area contributed by atoms with Crippen LogP contribution in [0.5, 0.6) is 0 Å². The fourth-order valence-corrected chi connectivity index (χ4v) is 3.92. The van der Waals surface area contributed by atoms with E-state index in [9.17, 15) is 4.79 Å². The Morgan fingerprint density at radius 1 is 1.19 bits per heavy atom. The first-order chi connectivity index (χ1) is 12.5. The van der Waals surface area contributed by atoms with Gasteiger partial charge in [0.1, 0.15) is 0 Å². The highest BCUT2D eigenvalue weighted by atomic mass is 16.5. The molecule has 0 spiro atoms. The largest absolute Gasteiger partial charge is 0.378 e. The van der Waals surface area contributed by atoms with Gasteiger partial charge in [0.25, 0.3) is 0 Å². The first kappa shape index (κ1) is 20.9. The number of likely N-dealkylation sites (tertiary alicyclic amines) is 1. The number of carbonyl (C=O) groups is 1. The number of ether oxygens (including phenoxy) is 1. The third kappa shape index (κ3) is 6.73. The molecule has 1 saturated heterocycles. The molecule has 0 radical (unpaired) electrons. The number of hydrogen-bond donors (Lipinski definition) is 1. The first-order valence-corrected chi connectivity index (χ1v) is 10.2. The van der Waals surface area contributed by atoms with Gasteiger partial charge in [-0.1, -0.05) is 24.6 Å². The molecular formula is C22H36N2O2. The molecule has 1 aromatic carbocycles. The summed E-state index contributed by atoms with van der Waals surface area (Å²) in [7, 11) is 0. The van der Waals surface area contributed by atoms with E-state index < -0.39 is 0 Å². The fraction of sp³-hybridized carbons (Fsp3) is 0.682. The molecule has 1 heterocycles. The minimum Gasteiger partial charge on any atom is -0.378 e. The molecule has 4 heteroatoms. The summed E-state index contributed by atoms with van der Waals surface area (Å²) in [6.07, 6.45) is 5.61. The van der Waals surface area contributed by atoms with Gasteiger partial charge in [-0.2, -0.15) is 0 Å². The van der Waals surface area contributed by atoms with Crippen LogP contribution in [0.3, 0.4) is 0 Å². The number of aryl methyl sites for hydroxylation is 3. The van der Waals surface area contributed by atoms with Crippen molar-refractivity contribution in [1.82, 2.24) is 10.2 Å². The predicted octanol–water partition coefficient (Wildman–Crippen LogP) is 3.55. The zero-order valence-corrected chi connectivity index (χ0v) is 17.1. The summed E-state index contributed by atoms with van der Waals surface area (Å²) in [6, 6.07) is 4.44. The molecule has 0 saturated carbocycles. The van der Waals surface area contributed by atoms with Crippen LogP contribution in [0.4, 0.5) is 0 Å². The highest BCUT2D eigenvalue weighted by Crippen LogP contribution is 2.17. The maximum atomic E-state index is 12.3. The molecule has 1 atom stereocenters. The lowest BCUT2D eigenvalue weighted by atomic mass is 9.97. The number of nitrogens with one attached hydrogen (secondary N) is 1. The maximum absolute atomic E-state index is 12.3. The van der Waals surface area contributed by atoms with E-state index >= 15 is 0 Å². The van der Waals surface area contributed by atoms with Gasteiger partial charge in [-0.3, -0.25) is 9.69 Å². The van der Waals surface area contributed by atoms with Crippen molar-refractivity contribution in [3.63, 3.8) is 0 Å². The van der Waals surface area contributed by atoms with Crippen molar-refractivity contribution >= 4 is 5.91 Å². The summed E-state index contributed by atoms with van der Waals surface area (Å²) >= 11 is 0. The van der Waals surface area contributed by atoms with Crippen LogP contribution < -0.4 is 5.32 Å². The Bertz CT molecular complexity index is 563. The summed E-state index contributed by atoms with van der Waals surface area (Å²) in [6.45, 7) is 12.6. The Labute approximate surface area is 159 Å². The molecule has 1 aromatic rings. The third-order valence-electron chi connectivity index (χ3n) is 5.23. The van der Waals surface area contributed by atoms with E-state index in [0.29, 0.717) is 19.2 Å². The van der Waals surface area contributed by atoms with E-state index in [1.54, 1.807) is 0 Å². The molecule has 0 aliphatic carbocycles. The smallest absolute Gasteiger partial charge is 0.234 e. The zero-order valence-electron chi connectivity index (χ0n) is 17.1. The van der Waals surface area contributed by atoms with E-state index in [2.05, 4.69) is 50.0 Å². The van der Waals surface area contributed by atoms with Crippen LogP contribution in [0.1, 0.15) is 54.9 Å². The van der Waals surface area contributed by atoms with Gasteiger partial charge < -0.3 is 10.1 Å². The molecular weight excluding hydrogens is 324 g/mol. The van der Waals surface area contributed by atoms with Gasteiger partial charge in [0, 0.05) is 19.7 Å². The second-order valence-corrected chi connectivity index (χ2v) is 7.68. The molecule has 1 fully saturated rings. The summed E-state index contributed by atoms with van der Waals surface area (Å²) in [5, 5.41) is 3.10. The Kier molecular flexibility index (Phi) is 8.60. The minimum absolute atomic E-state index is 0.139. The van der Waals surface area contributed by atoms with Crippen molar-refractivity contribution in [2.24, 2.45) is 0 Å². The number of hydrogen-bond acceptors (Lipinski definition) is 3. The van der Waals surface area contributed by atoms with Crippen molar-refractivity contribution in [3.05, 3.63) is 34.4 Å². The van der Waals surface area contributed by atoms with Crippen LogP contribution in [0.15, 0.2) is 12.1 Å². The summed E-state index contributed by atoms with van der Waals surface area (Å²) in [5.74, 6) is 0.139. The lowest BCUT2D eigenvalue weighted by Crippen LogP contribution is -2.38. The first-order valence-electron chi connectivity index (χ1n) is 10.2. The van der Waals surface area contributed by atoms with Gasteiger partial charge in [0.05, 0.1) is 12.6 Å². The summed E-state index contributed by atoms with van der Waals surface area (Å²) < 4.78 is 5.88. The van der Waals surface area contributed by atoms with Crippen LogP contribution in [0, 0.1) is 20.8 Å². The van der Waals surface area contributed by atoms with Crippen molar-refractivity contribution < 1.29 is 9.53 Å². The van der Waals surface area contributed by atoms with Gasteiger partial charge in [0.2, 0.25) is 5.91 Å². The van der Waals surface area contributed by atoms with E-state index in [0.717, 1.165) is 51.8 Å². The normalized spacial score (nSPS) is 18.5. The van der Waals surface area contributed by atoms with Crippen LogP contribution in [0.2, 0.25) is 0 Å². The van der Waals surface area contributed by atoms with Crippen molar-refractivity contribution in [2.45, 2.75) is 65.9 Å². The van der Waals surface area contributed by atoms with Gasteiger partial charge in [-0.25, -0.2) is 0 Å². The highest BCUT2D eigenvalue weighted by Gasteiger charge is 2.19. The van der Waals surface area contributed by atoms with Gasteiger partial charge in [0.15, 0.2) is 0 Å². The minimum atomic E-state index is 0.139. The average molecular weight is 361 g/mol. The van der Waals surface area contributed by atoms with Crippen LogP contribution in [-0.2, 0) is 16.0 Å². The molecule has 1 unspecified atom stereocenters. The molecule has 1 N–H and O–H groups in total. The Balaban J connectivity index is 1.72. The Hall–Kier alpha value is -1.39. The van der Waals surface area contributed by atoms with Crippen molar-refractivity contribution in [3.8, 4) is 0 Å². The fourth-order valence-electron chi connectivity index (χ4n) is 3.92. The summed E-state index contributed by atoms with van der Waals surface area (Å²) in [5.41, 5.74) is 5.31. The molecule has 1 amide bonds. The predicted molar refractivity (Wildman–Crippen MR) is 108 cm³/mol. The zero-order chi connectivity index (χ0) is 18.9. The third-order valence-corrected chi connectivity index (χ3v) is 5.23. The van der Waals surface area contributed by atoms with Crippen molar-refractivity contribution in [2.75, 3.05) is 32.8 Å². The second-order valence-electron chi connectivity index (χ2n) is 7.68. The quantitative estimate of drug-likeness (QED) is 0.771. The Morgan fingerprint density at radius 3 is 2.62 bits per heavy atom. The standard InChI is InChI=1S/C22H36N2O2/c1-5-13-26-20-7-6-11-24(12-9-20)16-22(25)23-10-8-21-18(3)14-17(2)15-19(21)4/h14-15,20H,5-13,16H2,1-4H3,(H,23,25). The van der Waals surface area contributed by atoms with Gasteiger partial charge in [-0.05, 0) is 76.1 Å². The molecule has 4 nitrogen and oxygen atoms in total. The molecule has 1 aliphatic heterocycles. The number of carbonyl (C=O) groups excluding carboxylic acids is 1. The number of nitrogens with zero attached hydrogens (tertiary/aromatic N) is 1. The molecule has 26 heavy (non-hydrogen) atoms. The number of rotatable bonds is 8. The Morgan fingerprint density at radius 2 is 1.92 bits per heavy atom. The molecule has 146 valence electrons. The number of amides is 1. The molecule has 2 rings (SSSR count). The average Bonchev–Trinajstić information content (AvgIpc) is 2.80. The topological polar surface area (TPSA) is 41.6 Å². The van der Waals surface area contributed by atoms with Gasteiger partial charge >= 0.3 is 0 Å². The van der Waals surface area contributed by atoms with Gasteiger partial charge in [-0.15, -0.1) is 0 Å². The van der Waals surface area contributed by atoms with Crippen LogP contribution >= 0.6 is 0 Å². The maximum Gasteiger partial charge on any atom is 0.234 e.